The summed E-state index contributed by atoms with van der Waals surface area (Å²) in [5.74, 6) is 0. The summed E-state index contributed by atoms with van der Waals surface area (Å²) in [6.45, 7) is 4.36. The summed E-state index contributed by atoms with van der Waals surface area (Å²) in [6.07, 6.45) is -0.629. The summed E-state index contributed by atoms with van der Waals surface area (Å²) < 4.78 is 37.7. The number of benzene rings is 1. The molecule has 0 aromatic heterocycles. The fourth-order valence-electron chi connectivity index (χ4n) is 3.66. The molecule has 0 spiro atoms. The number of rotatable bonds is 3. The fraction of sp³-hybridized carbons (Fsp3) is 0.625. The monoisotopic (exact) mass is 298 g/mol. The Labute approximate surface area is 123 Å². The van der Waals surface area contributed by atoms with Crippen molar-refractivity contribution in [3.05, 3.63) is 35.4 Å². The molecule has 21 heavy (non-hydrogen) atoms. The van der Waals surface area contributed by atoms with Crippen molar-refractivity contribution in [1.29, 1.82) is 0 Å². The Balaban J connectivity index is 1.64. The van der Waals surface area contributed by atoms with Gasteiger partial charge in [0.15, 0.2) is 0 Å². The van der Waals surface area contributed by atoms with Crippen LogP contribution in [-0.2, 0) is 6.18 Å². The minimum Gasteiger partial charge on any atom is -0.306 e. The smallest absolute Gasteiger partial charge is 0.306 e. The topological polar surface area (TPSA) is 15.3 Å². The second-order valence-electron chi connectivity index (χ2n) is 6.15. The third kappa shape index (κ3) is 3.09. The van der Waals surface area contributed by atoms with E-state index < -0.39 is 11.7 Å². The largest absolute Gasteiger partial charge is 0.416 e. The van der Waals surface area contributed by atoms with E-state index in [1.54, 1.807) is 12.1 Å². The van der Waals surface area contributed by atoms with E-state index in [-0.39, 0.29) is 6.04 Å². The summed E-state index contributed by atoms with van der Waals surface area (Å²) >= 11 is 0. The highest BCUT2D eigenvalue weighted by Gasteiger charge is 2.37. The Morgan fingerprint density at radius 3 is 2.52 bits per heavy atom. The summed E-state index contributed by atoms with van der Waals surface area (Å²) in [5.41, 5.74) is 0.334. The molecule has 116 valence electrons. The van der Waals surface area contributed by atoms with Crippen LogP contribution in [0, 0.1) is 0 Å². The molecule has 3 rings (SSSR count). The Morgan fingerprint density at radius 2 is 1.86 bits per heavy atom. The lowest BCUT2D eigenvalue weighted by atomic mass is 10.0. The molecular weight excluding hydrogens is 277 g/mol. The SMILES string of the molecule is CC(NC1CCN2CCCC12)c1ccc(C(F)(F)F)cc1. The lowest BCUT2D eigenvalue weighted by molar-refractivity contribution is -0.137. The average Bonchev–Trinajstić information content (AvgIpc) is 3.03. The zero-order chi connectivity index (χ0) is 15.0. The standard InChI is InChI=1S/C16H21F3N2/c1-11(12-4-6-13(7-5-12)16(17,18)19)20-14-8-10-21-9-2-3-15(14)21/h4-7,11,14-15,20H,2-3,8-10H2,1H3. The van der Waals surface area contributed by atoms with Gasteiger partial charge in [0.25, 0.3) is 0 Å². The minimum absolute atomic E-state index is 0.0813. The van der Waals surface area contributed by atoms with Crippen LogP contribution in [0.4, 0.5) is 13.2 Å². The van der Waals surface area contributed by atoms with Gasteiger partial charge < -0.3 is 5.32 Å². The molecule has 2 aliphatic heterocycles. The number of nitrogens with one attached hydrogen (secondary N) is 1. The van der Waals surface area contributed by atoms with Gasteiger partial charge in [-0.05, 0) is 50.4 Å². The van der Waals surface area contributed by atoms with Gasteiger partial charge in [-0.15, -0.1) is 0 Å². The molecular formula is C16H21F3N2. The van der Waals surface area contributed by atoms with Crippen LogP contribution < -0.4 is 5.32 Å². The third-order valence-corrected chi connectivity index (χ3v) is 4.81. The molecule has 1 aromatic rings. The van der Waals surface area contributed by atoms with Gasteiger partial charge in [-0.1, -0.05) is 12.1 Å². The molecule has 1 aromatic carbocycles. The van der Waals surface area contributed by atoms with Crippen LogP contribution in [0.3, 0.4) is 0 Å². The maximum atomic E-state index is 12.6. The Morgan fingerprint density at radius 1 is 1.14 bits per heavy atom. The van der Waals surface area contributed by atoms with Crippen molar-refractivity contribution in [3.8, 4) is 0 Å². The number of alkyl halides is 3. The molecule has 2 aliphatic rings. The summed E-state index contributed by atoms with van der Waals surface area (Å²) in [4.78, 5) is 2.52. The summed E-state index contributed by atoms with van der Waals surface area (Å²) in [7, 11) is 0. The second-order valence-corrected chi connectivity index (χ2v) is 6.15. The van der Waals surface area contributed by atoms with Crippen LogP contribution in [-0.4, -0.2) is 30.1 Å². The van der Waals surface area contributed by atoms with Gasteiger partial charge in [0, 0.05) is 24.7 Å². The van der Waals surface area contributed by atoms with E-state index in [4.69, 9.17) is 0 Å². The van der Waals surface area contributed by atoms with E-state index in [1.807, 2.05) is 6.92 Å². The fourth-order valence-corrected chi connectivity index (χ4v) is 3.66. The van der Waals surface area contributed by atoms with E-state index >= 15 is 0 Å². The van der Waals surface area contributed by atoms with E-state index in [1.165, 1.54) is 31.5 Å². The van der Waals surface area contributed by atoms with E-state index in [0.717, 1.165) is 18.5 Å². The molecule has 1 N–H and O–H groups in total. The number of hydrogen-bond acceptors (Lipinski definition) is 2. The zero-order valence-corrected chi connectivity index (χ0v) is 12.2. The van der Waals surface area contributed by atoms with Crippen molar-refractivity contribution in [3.63, 3.8) is 0 Å². The first-order valence-electron chi connectivity index (χ1n) is 7.62. The van der Waals surface area contributed by atoms with Crippen LogP contribution >= 0.6 is 0 Å². The Kier molecular flexibility index (Phi) is 3.97. The van der Waals surface area contributed by atoms with Crippen molar-refractivity contribution in [1.82, 2.24) is 10.2 Å². The number of halogens is 3. The van der Waals surface area contributed by atoms with Crippen LogP contribution in [0.5, 0.6) is 0 Å². The van der Waals surface area contributed by atoms with Gasteiger partial charge in [-0.3, -0.25) is 4.90 Å². The number of nitrogens with zero attached hydrogens (tertiary/aromatic N) is 1. The maximum Gasteiger partial charge on any atom is 0.416 e. The molecule has 3 unspecified atom stereocenters. The van der Waals surface area contributed by atoms with Gasteiger partial charge in [-0.25, -0.2) is 0 Å². The van der Waals surface area contributed by atoms with Crippen LogP contribution in [0.15, 0.2) is 24.3 Å². The molecule has 0 amide bonds. The highest BCUT2D eigenvalue weighted by molar-refractivity contribution is 5.26. The molecule has 2 nitrogen and oxygen atoms in total. The summed E-state index contributed by atoms with van der Waals surface area (Å²) in [6, 6.07) is 6.67. The molecule has 0 saturated carbocycles. The minimum atomic E-state index is -4.26. The Bertz CT molecular complexity index is 483. The average molecular weight is 298 g/mol. The predicted molar refractivity (Wildman–Crippen MR) is 76.0 cm³/mol. The van der Waals surface area contributed by atoms with Crippen molar-refractivity contribution in [2.75, 3.05) is 13.1 Å². The quantitative estimate of drug-likeness (QED) is 0.917. The first kappa shape index (κ1) is 14.9. The van der Waals surface area contributed by atoms with Gasteiger partial charge in [0.2, 0.25) is 0 Å². The molecule has 3 atom stereocenters. The van der Waals surface area contributed by atoms with Crippen molar-refractivity contribution in [2.45, 2.75) is 50.5 Å². The molecule has 5 heteroatoms. The number of hydrogen-bond donors (Lipinski definition) is 1. The van der Waals surface area contributed by atoms with Crippen molar-refractivity contribution in [2.24, 2.45) is 0 Å². The predicted octanol–water partition coefficient (Wildman–Crippen LogP) is 3.59. The lowest BCUT2D eigenvalue weighted by Gasteiger charge is -2.25. The van der Waals surface area contributed by atoms with Gasteiger partial charge in [0.05, 0.1) is 5.56 Å². The first-order valence-corrected chi connectivity index (χ1v) is 7.62. The molecule has 0 bridgehead atoms. The molecule has 2 heterocycles. The zero-order valence-electron chi connectivity index (χ0n) is 12.2. The lowest BCUT2D eigenvalue weighted by Crippen LogP contribution is -2.40. The number of fused-ring (bicyclic) bond motifs is 1. The Hall–Kier alpha value is -1.07. The molecule has 0 radical (unpaired) electrons. The van der Waals surface area contributed by atoms with Crippen LogP contribution in [0.25, 0.3) is 0 Å². The highest BCUT2D eigenvalue weighted by Crippen LogP contribution is 2.31. The summed E-state index contributed by atoms with van der Waals surface area (Å²) in [5, 5.41) is 3.60. The third-order valence-electron chi connectivity index (χ3n) is 4.81. The highest BCUT2D eigenvalue weighted by atomic mass is 19.4. The van der Waals surface area contributed by atoms with Crippen molar-refractivity contribution >= 4 is 0 Å². The van der Waals surface area contributed by atoms with Gasteiger partial charge in [-0.2, -0.15) is 13.2 Å². The maximum absolute atomic E-state index is 12.6. The van der Waals surface area contributed by atoms with Gasteiger partial charge >= 0.3 is 6.18 Å². The molecule has 2 saturated heterocycles. The molecule has 2 fully saturated rings. The normalized spacial score (nSPS) is 27.8. The van der Waals surface area contributed by atoms with Crippen LogP contribution in [0.1, 0.15) is 43.4 Å². The second kappa shape index (κ2) is 5.61. The molecule has 0 aliphatic carbocycles. The van der Waals surface area contributed by atoms with E-state index in [2.05, 4.69) is 10.2 Å². The van der Waals surface area contributed by atoms with Crippen molar-refractivity contribution < 1.29 is 13.2 Å². The van der Waals surface area contributed by atoms with E-state index in [0.29, 0.717) is 12.1 Å². The van der Waals surface area contributed by atoms with Gasteiger partial charge in [0.1, 0.15) is 0 Å². The first-order chi connectivity index (χ1) is 9.95. The van der Waals surface area contributed by atoms with Crippen LogP contribution in [0.2, 0.25) is 0 Å². The van der Waals surface area contributed by atoms with E-state index in [9.17, 15) is 13.2 Å².